The van der Waals surface area contributed by atoms with E-state index in [-0.39, 0.29) is 0 Å². The lowest BCUT2D eigenvalue weighted by atomic mass is 9.79. The fraction of sp³-hybridized carbons (Fsp3) is 0.760. The molecule has 0 heterocycles. The average Bonchev–Trinajstić information content (AvgIpc) is 2.79. The van der Waals surface area contributed by atoms with Gasteiger partial charge in [0.05, 0.1) is 19.8 Å². The standard InChI is InChI=1S/C25H42O6/c1-7-10-15-29-21-13-14-22-20(18-21)19-24(27-5,30-16-11-8-2)23(26-4)25(22,28-6)31-17-12-9-3/h13-14,18,23H,7-12,15-17,19H2,1-6H3. The monoisotopic (exact) mass is 438 g/mol. The van der Waals surface area contributed by atoms with Crippen molar-refractivity contribution in [2.45, 2.75) is 83.4 Å². The number of methoxy groups -OCH3 is 3. The molecule has 2 rings (SSSR count). The smallest absolute Gasteiger partial charge is 0.227 e. The summed E-state index contributed by atoms with van der Waals surface area (Å²) in [6.07, 6.45) is 5.96. The van der Waals surface area contributed by atoms with Gasteiger partial charge in [-0.1, -0.05) is 40.0 Å². The molecule has 0 amide bonds. The molecule has 0 bridgehead atoms. The van der Waals surface area contributed by atoms with Crippen LogP contribution in [0.15, 0.2) is 18.2 Å². The Balaban J connectivity index is 2.52. The van der Waals surface area contributed by atoms with Gasteiger partial charge in [0.2, 0.25) is 11.6 Å². The van der Waals surface area contributed by atoms with Gasteiger partial charge in [0.1, 0.15) is 5.75 Å². The molecule has 1 aliphatic rings. The molecule has 3 unspecified atom stereocenters. The van der Waals surface area contributed by atoms with Crippen LogP contribution in [0.1, 0.15) is 70.4 Å². The molecule has 0 saturated carbocycles. The molecular weight excluding hydrogens is 396 g/mol. The third kappa shape index (κ3) is 5.79. The molecule has 3 atom stereocenters. The van der Waals surface area contributed by atoms with Crippen LogP contribution in [0, 0.1) is 0 Å². The number of fused-ring (bicyclic) bond motifs is 1. The molecule has 0 radical (unpaired) electrons. The van der Waals surface area contributed by atoms with Gasteiger partial charge in [-0.05, 0) is 43.0 Å². The summed E-state index contributed by atoms with van der Waals surface area (Å²) < 4.78 is 36.9. The zero-order valence-corrected chi connectivity index (χ0v) is 20.3. The predicted octanol–water partition coefficient (Wildman–Crippen LogP) is 5.21. The number of benzene rings is 1. The van der Waals surface area contributed by atoms with Gasteiger partial charge in [-0.2, -0.15) is 0 Å². The number of unbranched alkanes of at least 4 members (excludes halogenated alkanes) is 3. The van der Waals surface area contributed by atoms with Gasteiger partial charge in [-0.25, -0.2) is 0 Å². The first-order valence-electron chi connectivity index (χ1n) is 11.7. The molecular formula is C25H42O6. The van der Waals surface area contributed by atoms with Gasteiger partial charge >= 0.3 is 0 Å². The van der Waals surface area contributed by atoms with Gasteiger partial charge in [0.25, 0.3) is 0 Å². The fourth-order valence-corrected chi connectivity index (χ4v) is 4.16. The average molecular weight is 439 g/mol. The number of hydrogen-bond donors (Lipinski definition) is 0. The summed E-state index contributed by atoms with van der Waals surface area (Å²) in [5, 5.41) is 0. The Hall–Kier alpha value is -1.18. The molecule has 0 spiro atoms. The Morgan fingerprint density at radius 1 is 0.839 bits per heavy atom. The molecule has 31 heavy (non-hydrogen) atoms. The Morgan fingerprint density at radius 2 is 1.48 bits per heavy atom. The summed E-state index contributed by atoms with van der Waals surface area (Å²) >= 11 is 0. The minimum Gasteiger partial charge on any atom is -0.494 e. The summed E-state index contributed by atoms with van der Waals surface area (Å²) in [4.78, 5) is 0. The first-order chi connectivity index (χ1) is 15.1. The lowest BCUT2D eigenvalue weighted by Gasteiger charge is -2.51. The van der Waals surface area contributed by atoms with Crippen LogP contribution in [0.4, 0.5) is 0 Å². The van der Waals surface area contributed by atoms with E-state index >= 15 is 0 Å². The fourth-order valence-electron chi connectivity index (χ4n) is 4.16. The van der Waals surface area contributed by atoms with E-state index in [1.807, 2.05) is 12.1 Å². The lowest BCUT2D eigenvalue weighted by molar-refractivity contribution is -0.380. The number of ether oxygens (including phenoxy) is 6. The van der Waals surface area contributed by atoms with Crippen LogP contribution in [-0.2, 0) is 35.9 Å². The van der Waals surface area contributed by atoms with Crippen LogP contribution in [0.3, 0.4) is 0 Å². The topological polar surface area (TPSA) is 55.4 Å². The SMILES string of the molecule is CCCCOc1ccc2c(c1)CC(OC)(OCCCC)C(OC)C2(OC)OCCCC. The van der Waals surface area contributed by atoms with E-state index in [9.17, 15) is 0 Å². The summed E-state index contributed by atoms with van der Waals surface area (Å²) in [6, 6.07) is 6.07. The van der Waals surface area contributed by atoms with Gasteiger partial charge in [-0.15, -0.1) is 0 Å². The van der Waals surface area contributed by atoms with Crippen molar-refractivity contribution in [1.82, 2.24) is 0 Å². The minimum absolute atomic E-state index is 0.522. The maximum atomic E-state index is 6.44. The van der Waals surface area contributed by atoms with Crippen molar-refractivity contribution in [2.24, 2.45) is 0 Å². The molecule has 6 heteroatoms. The normalized spacial score (nSPS) is 25.4. The molecule has 0 aliphatic heterocycles. The van der Waals surface area contributed by atoms with Crippen molar-refractivity contribution in [3.63, 3.8) is 0 Å². The molecule has 0 fully saturated rings. The summed E-state index contributed by atoms with van der Waals surface area (Å²) in [7, 11) is 4.98. The van der Waals surface area contributed by atoms with Crippen LogP contribution in [0.25, 0.3) is 0 Å². The van der Waals surface area contributed by atoms with E-state index in [0.717, 1.165) is 55.4 Å². The van der Waals surface area contributed by atoms with Crippen LogP contribution in [0.5, 0.6) is 5.75 Å². The van der Waals surface area contributed by atoms with Crippen molar-refractivity contribution in [3.8, 4) is 5.75 Å². The number of rotatable bonds is 15. The second-order valence-corrected chi connectivity index (χ2v) is 8.11. The molecule has 1 aromatic rings. The third-order valence-electron chi connectivity index (χ3n) is 5.94. The van der Waals surface area contributed by atoms with Crippen molar-refractivity contribution in [1.29, 1.82) is 0 Å². The van der Waals surface area contributed by atoms with E-state index in [4.69, 9.17) is 28.4 Å². The first kappa shape index (κ1) is 26.1. The van der Waals surface area contributed by atoms with E-state index in [1.165, 1.54) is 0 Å². The zero-order chi connectivity index (χ0) is 22.7. The highest BCUT2D eigenvalue weighted by molar-refractivity contribution is 5.42. The maximum Gasteiger partial charge on any atom is 0.227 e. The minimum atomic E-state index is -1.14. The van der Waals surface area contributed by atoms with E-state index in [2.05, 4.69) is 26.8 Å². The van der Waals surface area contributed by atoms with Gasteiger partial charge in [0.15, 0.2) is 6.10 Å². The first-order valence-corrected chi connectivity index (χ1v) is 11.7. The highest BCUT2D eigenvalue weighted by atomic mass is 16.8. The molecule has 178 valence electrons. The van der Waals surface area contributed by atoms with E-state index < -0.39 is 17.7 Å². The number of hydrogen-bond acceptors (Lipinski definition) is 6. The lowest BCUT2D eigenvalue weighted by Crippen LogP contribution is -2.64. The van der Waals surface area contributed by atoms with Crippen LogP contribution >= 0.6 is 0 Å². The molecule has 0 N–H and O–H groups in total. The zero-order valence-electron chi connectivity index (χ0n) is 20.3. The van der Waals surface area contributed by atoms with Crippen molar-refractivity contribution < 1.29 is 28.4 Å². The van der Waals surface area contributed by atoms with Crippen LogP contribution < -0.4 is 4.74 Å². The largest absolute Gasteiger partial charge is 0.494 e. The molecule has 1 aromatic carbocycles. The predicted molar refractivity (Wildman–Crippen MR) is 121 cm³/mol. The Bertz CT molecular complexity index is 651. The highest BCUT2D eigenvalue weighted by Crippen LogP contribution is 2.48. The van der Waals surface area contributed by atoms with Gasteiger partial charge in [-0.3, -0.25) is 0 Å². The summed E-state index contributed by atoms with van der Waals surface area (Å²) in [6.45, 7) is 8.25. The molecule has 0 aromatic heterocycles. The molecule has 1 aliphatic carbocycles. The highest BCUT2D eigenvalue weighted by Gasteiger charge is 2.60. The third-order valence-corrected chi connectivity index (χ3v) is 5.94. The molecule has 0 saturated heterocycles. The van der Waals surface area contributed by atoms with Crippen LogP contribution in [0.2, 0.25) is 0 Å². The maximum absolute atomic E-state index is 6.44. The van der Waals surface area contributed by atoms with Gasteiger partial charge in [0, 0.05) is 33.3 Å². The Morgan fingerprint density at radius 3 is 2.06 bits per heavy atom. The summed E-state index contributed by atoms with van der Waals surface area (Å²) in [5.41, 5.74) is 1.96. The second-order valence-electron chi connectivity index (χ2n) is 8.11. The summed E-state index contributed by atoms with van der Waals surface area (Å²) in [5.74, 6) is -1.33. The van der Waals surface area contributed by atoms with Crippen molar-refractivity contribution in [3.05, 3.63) is 29.3 Å². The molecule has 6 nitrogen and oxygen atoms in total. The van der Waals surface area contributed by atoms with Crippen molar-refractivity contribution in [2.75, 3.05) is 41.2 Å². The quantitative estimate of drug-likeness (QED) is 0.277. The Labute approximate surface area is 188 Å². The van der Waals surface area contributed by atoms with Crippen LogP contribution in [-0.4, -0.2) is 53.0 Å². The Kier molecular flexibility index (Phi) is 10.7. The van der Waals surface area contributed by atoms with E-state index in [1.54, 1.807) is 21.3 Å². The van der Waals surface area contributed by atoms with Crippen molar-refractivity contribution >= 4 is 0 Å². The van der Waals surface area contributed by atoms with E-state index in [0.29, 0.717) is 26.2 Å². The van der Waals surface area contributed by atoms with Gasteiger partial charge < -0.3 is 28.4 Å². The second kappa shape index (κ2) is 12.8.